The number of carbonyl (C=O) groups excluding carboxylic acids is 2. The number of hydrogen-bond acceptors (Lipinski definition) is 4. The van der Waals surface area contributed by atoms with E-state index in [2.05, 4.69) is 18.6 Å². The maximum Gasteiger partial charge on any atom is 0.344 e. The van der Waals surface area contributed by atoms with E-state index in [1.165, 1.54) is 52.1 Å². The second-order valence-electron chi connectivity index (χ2n) is 6.29. The van der Waals surface area contributed by atoms with Gasteiger partial charge in [0.1, 0.15) is 0 Å². The third-order valence-electron chi connectivity index (χ3n) is 4.21. The van der Waals surface area contributed by atoms with Crippen LogP contribution in [0.1, 0.15) is 90.9 Å². The summed E-state index contributed by atoms with van der Waals surface area (Å²) in [5.74, 6) is -0.800. The summed E-state index contributed by atoms with van der Waals surface area (Å²) >= 11 is 0. The molecule has 0 aliphatic rings. The van der Waals surface area contributed by atoms with Crippen LogP contribution in [-0.2, 0) is 19.1 Å². The Labute approximate surface area is 142 Å². The summed E-state index contributed by atoms with van der Waals surface area (Å²) in [5, 5.41) is 0. The Morgan fingerprint density at radius 2 is 1.26 bits per heavy atom. The summed E-state index contributed by atoms with van der Waals surface area (Å²) in [6.07, 6.45) is 13.7. The van der Waals surface area contributed by atoms with Crippen molar-refractivity contribution in [2.75, 3.05) is 13.7 Å². The Morgan fingerprint density at radius 3 is 1.78 bits per heavy atom. The van der Waals surface area contributed by atoms with Gasteiger partial charge in [0.25, 0.3) is 0 Å². The Hall–Kier alpha value is -1.06. The Kier molecular flexibility index (Phi) is 15.1. The molecular formula is C19H36O4. The van der Waals surface area contributed by atoms with E-state index >= 15 is 0 Å². The standard InChI is InChI=1S/C19H36O4/c1-4-6-8-10-11-13-15-17(14-12-9-7-5-2)19(21)23-16-18(20)22-3/h17H,4-16H2,1-3H3. The van der Waals surface area contributed by atoms with Crippen LogP contribution in [0.25, 0.3) is 0 Å². The number of unbranched alkanes of at least 4 members (excludes halogenated alkanes) is 8. The number of hydrogen-bond donors (Lipinski definition) is 0. The van der Waals surface area contributed by atoms with E-state index in [1.807, 2.05) is 0 Å². The molecule has 0 fully saturated rings. The summed E-state index contributed by atoms with van der Waals surface area (Å²) < 4.78 is 9.61. The number of ether oxygens (including phenoxy) is 2. The van der Waals surface area contributed by atoms with Crippen molar-refractivity contribution in [2.45, 2.75) is 90.9 Å². The summed E-state index contributed by atoms with van der Waals surface area (Å²) in [6, 6.07) is 0. The van der Waals surface area contributed by atoms with E-state index in [4.69, 9.17) is 4.74 Å². The van der Waals surface area contributed by atoms with Gasteiger partial charge in [-0.25, -0.2) is 4.79 Å². The fraction of sp³-hybridized carbons (Fsp3) is 0.895. The zero-order valence-electron chi connectivity index (χ0n) is 15.4. The molecule has 0 saturated carbocycles. The zero-order chi connectivity index (χ0) is 17.3. The van der Waals surface area contributed by atoms with Gasteiger partial charge >= 0.3 is 11.9 Å². The van der Waals surface area contributed by atoms with Crippen LogP contribution in [0.4, 0.5) is 0 Å². The Balaban J connectivity index is 4.10. The normalized spacial score (nSPS) is 12.0. The van der Waals surface area contributed by atoms with Crippen molar-refractivity contribution in [1.29, 1.82) is 0 Å². The van der Waals surface area contributed by atoms with Gasteiger partial charge in [-0.1, -0.05) is 78.1 Å². The molecule has 0 amide bonds. The molecule has 4 nitrogen and oxygen atoms in total. The van der Waals surface area contributed by atoms with Crippen LogP contribution in [0.3, 0.4) is 0 Å². The van der Waals surface area contributed by atoms with Gasteiger partial charge in [-0.3, -0.25) is 4.79 Å². The third kappa shape index (κ3) is 13.1. The lowest BCUT2D eigenvalue weighted by Crippen LogP contribution is -2.22. The molecule has 0 saturated heterocycles. The molecule has 0 heterocycles. The topological polar surface area (TPSA) is 52.6 Å². The summed E-state index contributed by atoms with van der Waals surface area (Å²) in [5.41, 5.74) is 0. The minimum Gasteiger partial charge on any atom is -0.466 e. The quantitative estimate of drug-likeness (QED) is 0.312. The molecule has 0 aromatic rings. The maximum absolute atomic E-state index is 12.2. The average molecular weight is 328 g/mol. The van der Waals surface area contributed by atoms with E-state index in [-0.39, 0.29) is 18.5 Å². The van der Waals surface area contributed by atoms with Gasteiger partial charge in [0.2, 0.25) is 0 Å². The third-order valence-corrected chi connectivity index (χ3v) is 4.21. The van der Waals surface area contributed by atoms with Crippen LogP contribution in [0.2, 0.25) is 0 Å². The van der Waals surface area contributed by atoms with E-state index in [9.17, 15) is 9.59 Å². The predicted octanol–water partition coefficient (Wildman–Crippen LogP) is 5.04. The molecule has 0 aromatic carbocycles. The Morgan fingerprint density at radius 1 is 0.783 bits per heavy atom. The van der Waals surface area contributed by atoms with Crippen molar-refractivity contribution in [3.05, 3.63) is 0 Å². The van der Waals surface area contributed by atoms with Crippen LogP contribution >= 0.6 is 0 Å². The van der Waals surface area contributed by atoms with Crippen LogP contribution in [0.5, 0.6) is 0 Å². The van der Waals surface area contributed by atoms with E-state index in [1.54, 1.807) is 0 Å². The molecule has 1 unspecified atom stereocenters. The minimum absolute atomic E-state index is 0.0670. The highest BCUT2D eigenvalue weighted by atomic mass is 16.6. The van der Waals surface area contributed by atoms with Crippen molar-refractivity contribution in [1.82, 2.24) is 0 Å². The highest BCUT2D eigenvalue weighted by Crippen LogP contribution is 2.20. The maximum atomic E-state index is 12.2. The first-order valence-electron chi connectivity index (χ1n) is 9.39. The van der Waals surface area contributed by atoms with Gasteiger partial charge in [0.15, 0.2) is 6.61 Å². The van der Waals surface area contributed by atoms with Crippen LogP contribution < -0.4 is 0 Å². The van der Waals surface area contributed by atoms with Gasteiger partial charge < -0.3 is 9.47 Å². The van der Waals surface area contributed by atoms with E-state index < -0.39 is 5.97 Å². The van der Waals surface area contributed by atoms with Crippen LogP contribution in [0, 0.1) is 5.92 Å². The second kappa shape index (κ2) is 15.8. The minimum atomic E-state index is -0.498. The molecule has 0 N–H and O–H groups in total. The highest BCUT2D eigenvalue weighted by Gasteiger charge is 2.20. The molecule has 136 valence electrons. The molecular weight excluding hydrogens is 292 g/mol. The number of carbonyl (C=O) groups is 2. The number of rotatable bonds is 15. The van der Waals surface area contributed by atoms with Crippen molar-refractivity contribution in [2.24, 2.45) is 5.92 Å². The number of esters is 2. The first-order chi connectivity index (χ1) is 11.2. The average Bonchev–Trinajstić information content (AvgIpc) is 2.57. The predicted molar refractivity (Wildman–Crippen MR) is 93.2 cm³/mol. The second-order valence-corrected chi connectivity index (χ2v) is 6.29. The van der Waals surface area contributed by atoms with E-state index in [0.717, 1.165) is 32.1 Å². The fourth-order valence-electron chi connectivity index (χ4n) is 2.68. The molecule has 4 heteroatoms. The van der Waals surface area contributed by atoms with Crippen LogP contribution in [-0.4, -0.2) is 25.7 Å². The van der Waals surface area contributed by atoms with Gasteiger partial charge in [0, 0.05) is 0 Å². The molecule has 0 spiro atoms. The zero-order valence-corrected chi connectivity index (χ0v) is 15.4. The largest absolute Gasteiger partial charge is 0.466 e. The Bertz CT molecular complexity index is 302. The lowest BCUT2D eigenvalue weighted by molar-refractivity contribution is -0.160. The first kappa shape index (κ1) is 21.9. The van der Waals surface area contributed by atoms with Gasteiger partial charge in [-0.2, -0.15) is 0 Å². The summed E-state index contributed by atoms with van der Waals surface area (Å²) in [6.45, 7) is 4.12. The molecule has 23 heavy (non-hydrogen) atoms. The molecule has 0 aliphatic heterocycles. The smallest absolute Gasteiger partial charge is 0.344 e. The lowest BCUT2D eigenvalue weighted by atomic mass is 9.94. The van der Waals surface area contributed by atoms with Gasteiger partial charge in [-0.05, 0) is 12.8 Å². The van der Waals surface area contributed by atoms with Crippen molar-refractivity contribution in [3.8, 4) is 0 Å². The first-order valence-corrected chi connectivity index (χ1v) is 9.39. The van der Waals surface area contributed by atoms with Crippen molar-refractivity contribution < 1.29 is 19.1 Å². The summed E-state index contributed by atoms with van der Waals surface area (Å²) in [7, 11) is 1.30. The highest BCUT2D eigenvalue weighted by molar-refractivity contribution is 5.77. The molecule has 0 aromatic heterocycles. The van der Waals surface area contributed by atoms with Crippen molar-refractivity contribution >= 4 is 11.9 Å². The van der Waals surface area contributed by atoms with Gasteiger partial charge in [-0.15, -0.1) is 0 Å². The van der Waals surface area contributed by atoms with Crippen LogP contribution in [0.15, 0.2) is 0 Å². The molecule has 0 radical (unpaired) electrons. The molecule has 0 bridgehead atoms. The molecule has 0 aliphatic carbocycles. The van der Waals surface area contributed by atoms with E-state index in [0.29, 0.717) is 0 Å². The monoisotopic (exact) mass is 328 g/mol. The fourth-order valence-corrected chi connectivity index (χ4v) is 2.68. The molecule has 1 atom stereocenters. The SMILES string of the molecule is CCCCCCCCC(CCCCCC)C(=O)OCC(=O)OC. The lowest BCUT2D eigenvalue weighted by Gasteiger charge is -2.15. The summed E-state index contributed by atoms with van der Waals surface area (Å²) in [4.78, 5) is 23.3. The van der Waals surface area contributed by atoms with Crippen molar-refractivity contribution in [3.63, 3.8) is 0 Å². The number of methoxy groups -OCH3 is 1. The molecule has 0 rings (SSSR count). The van der Waals surface area contributed by atoms with Gasteiger partial charge in [0.05, 0.1) is 13.0 Å².